The molecule has 2 heterocycles. The third-order valence-electron chi connectivity index (χ3n) is 3.45. The zero-order valence-electron chi connectivity index (χ0n) is 10.4. The lowest BCUT2D eigenvalue weighted by Gasteiger charge is -2.13. The molecule has 1 aliphatic heterocycles. The van der Waals surface area contributed by atoms with Crippen LogP contribution in [0, 0.1) is 0 Å². The highest BCUT2D eigenvalue weighted by atomic mass is 16.5. The van der Waals surface area contributed by atoms with Gasteiger partial charge < -0.3 is 14.6 Å². The summed E-state index contributed by atoms with van der Waals surface area (Å²) in [5.74, 6) is 0.907. The number of aromatic nitrogens is 1. The van der Waals surface area contributed by atoms with E-state index >= 15 is 0 Å². The maximum Gasteiger partial charge on any atom is 0.270 e. The Bertz CT molecular complexity index is 582. The highest BCUT2D eigenvalue weighted by Gasteiger charge is 2.20. The predicted molar refractivity (Wildman–Crippen MR) is 70.0 cm³/mol. The van der Waals surface area contributed by atoms with Crippen LogP contribution in [0.2, 0.25) is 0 Å². The van der Waals surface area contributed by atoms with Crippen molar-refractivity contribution in [1.29, 1.82) is 0 Å². The monoisotopic (exact) mass is 244 g/mol. The number of rotatable bonds is 2. The predicted octanol–water partition coefficient (Wildman–Crippen LogP) is 2.41. The highest BCUT2D eigenvalue weighted by molar-refractivity contribution is 5.98. The van der Waals surface area contributed by atoms with Gasteiger partial charge in [0.2, 0.25) is 0 Å². The largest absolute Gasteiger partial charge is 0.497 e. The third kappa shape index (κ3) is 1.83. The van der Waals surface area contributed by atoms with Crippen molar-refractivity contribution in [3.05, 3.63) is 30.0 Å². The molecule has 0 aliphatic carbocycles. The number of methoxy groups -OCH3 is 1. The molecular weight excluding hydrogens is 228 g/mol. The number of nitrogens with zero attached hydrogens (tertiary/aromatic N) is 1. The van der Waals surface area contributed by atoms with E-state index in [0.717, 1.165) is 42.6 Å². The van der Waals surface area contributed by atoms with Gasteiger partial charge in [0.15, 0.2) is 0 Å². The minimum atomic E-state index is 0.0997. The number of hydrogen-bond donors (Lipinski definition) is 1. The summed E-state index contributed by atoms with van der Waals surface area (Å²) < 4.78 is 5.18. The van der Waals surface area contributed by atoms with E-state index in [0.29, 0.717) is 5.69 Å². The highest BCUT2D eigenvalue weighted by Crippen LogP contribution is 2.22. The van der Waals surface area contributed by atoms with Crippen LogP contribution in [0.5, 0.6) is 5.75 Å². The van der Waals surface area contributed by atoms with E-state index in [1.54, 1.807) is 7.11 Å². The fraction of sp³-hybridized carbons (Fsp3) is 0.357. The maximum absolute atomic E-state index is 12.2. The number of carbonyl (C=O) groups is 1. The zero-order chi connectivity index (χ0) is 12.5. The van der Waals surface area contributed by atoms with Gasteiger partial charge in [0.05, 0.1) is 7.11 Å². The van der Waals surface area contributed by atoms with E-state index in [1.807, 2.05) is 29.2 Å². The molecule has 1 saturated heterocycles. The Balaban J connectivity index is 1.94. The molecule has 0 spiro atoms. The lowest BCUT2D eigenvalue weighted by molar-refractivity contribution is 0.0788. The zero-order valence-corrected chi connectivity index (χ0v) is 10.4. The van der Waals surface area contributed by atoms with Gasteiger partial charge in [-0.1, -0.05) is 0 Å². The molecular formula is C14H16N2O2. The van der Waals surface area contributed by atoms with Gasteiger partial charge in [-0.25, -0.2) is 0 Å². The van der Waals surface area contributed by atoms with Crippen molar-refractivity contribution in [3.63, 3.8) is 0 Å². The van der Waals surface area contributed by atoms with E-state index in [2.05, 4.69) is 4.98 Å². The van der Waals surface area contributed by atoms with Gasteiger partial charge in [0.25, 0.3) is 5.91 Å². The molecule has 0 saturated carbocycles. The fourth-order valence-corrected chi connectivity index (χ4v) is 2.44. The van der Waals surface area contributed by atoms with Crippen molar-refractivity contribution in [2.75, 3.05) is 20.2 Å². The Morgan fingerprint density at radius 1 is 1.28 bits per heavy atom. The number of ether oxygens (including phenoxy) is 1. The Morgan fingerprint density at radius 3 is 2.78 bits per heavy atom. The molecule has 1 aromatic carbocycles. The molecule has 1 amide bonds. The molecule has 4 nitrogen and oxygen atoms in total. The molecule has 0 bridgehead atoms. The van der Waals surface area contributed by atoms with Crippen molar-refractivity contribution < 1.29 is 9.53 Å². The van der Waals surface area contributed by atoms with E-state index in [-0.39, 0.29) is 5.91 Å². The summed E-state index contributed by atoms with van der Waals surface area (Å²) in [7, 11) is 1.64. The second-order valence-corrected chi connectivity index (χ2v) is 4.64. The first-order chi connectivity index (χ1) is 8.78. The van der Waals surface area contributed by atoms with Crippen molar-refractivity contribution in [3.8, 4) is 5.75 Å². The van der Waals surface area contributed by atoms with E-state index < -0.39 is 0 Å². The Hall–Kier alpha value is -1.97. The maximum atomic E-state index is 12.2. The fourth-order valence-electron chi connectivity index (χ4n) is 2.44. The number of nitrogens with one attached hydrogen (secondary N) is 1. The first kappa shape index (κ1) is 11.1. The molecule has 4 heteroatoms. The van der Waals surface area contributed by atoms with Gasteiger partial charge in [0, 0.05) is 24.0 Å². The summed E-state index contributed by atoms with van der Waals surface area (Å²) in [6, 6.07) is 7.67. The summed E-state index contributed by atoms with van der Waals surface area (Å²) in [5, 5.41) is 1.01. The summed E-state index contributed by atoms with van der Waals surface area (Å²) in [6.45, 7) is 1.75. The number of amides is 1. The van der Waals surface area contributed by atoms with E-state index in [4.69, 9.17) is 4.74 Å². The van der Waals surface area contributed by atoms with Crippen LogP contribution in [0.3, 0.4) is 0 Å². The Labute approximate surface area is 106 Å². The van der Waals surface area contributed by atoms with Gasteiger partial charge in [-0.05, 0) is 37.1 Å². The van der Waals surface area contributed by atoms with Crippen LogP contribution >= 0.6 is 0 Å². The first-order valence-corrected chi connectivity index (χ1v) is 6.24. The van der Waals surface area contributed by atoms with Crippen LogP contribution in [0.4, 0.5) is 0 Å². The molecule has 1 fully saturated rings. The normalized spacial score (nSPS) is 15.3. The smallest absolute Gasteiger partial charge is 0.270 e. The second kappa shape index (κ2) is 4.37. The number of H-pyrrole nitrogens is 1. The van der Waals surface area contributed by atoms with E-state index in [1.165, 1.54) is 0 Å². The standard InChI is InChI=1S/C14H16N2O2/c1-18-11-4-5-12-10(8-11)9-13(15-12)14(17)16-6-2-3-7-16/h4-5,8-9,15H,2-3,6-7H2,1H3. The van der Waals surface area contributed by atoms with Gasteiger partial charge >= 0.3 is 0 Å². The van der Waals surface area contributed by atoms with Crippen LogP contribution in [0.1, 0.15) is 23.3 Å². The number of hydrogen-bond acceptors (Lipinski definition) is 2. The summed E-state index contributed by atoms with van der Waals surface area (Å²) in [6.07, 6.45) is 2.22. The molecule has 1 aromatic heterocycles. The average Bonchev–Trinajstić information content (AvgIpc) is 3.05. The number of aromatic amines is 1. The average molecular weight is 244 g/mol. The number of carbonyl (C=O) groups excluding carboxylic acids is 1. The number of likely N-dealkylation sites (tertiary alicyclic amines) is 1. The van der Waals surface area contributed by atoms with Crippen LogP contribution in [0.25, 0.3) is 10.9 Å². The van der Waals surface area contributed by atoms with Crippen LogP contribution in [0.15, 0.2) is 24.3 Å². The number of benzene rings is 1. The van der Waals surface area contributed by atoms with Crippen LogP contribution < -0.4 is 4.74 Å². The molecule has 2 aromatic rings. The molecule has 0 radical (unpaired) electrons. The lowest BCUT2D eigenvalue weighted by atomic mass is 10.2. The van der Waals surface area contributed by atoms with Crippen molar-refractivity contribution in [1.82, 2.24) is 9.88 Å². The Kier molecular flexibility index (Phi) is 2.70. The molecule has 0 atom stereocenters. The topological polar surface area (TPSA) is 45.3 Å². The van der Waals surface area contributed by atoms with E-state index in [9.17, 15) is 4.79 Å². The summed E-state index contributed by atoms with van der Waals surface area (Å²) in [5.41, 5.74) is 1.64. The van der Waals surface area contributed by atoms with Gasteiger partial charge in [-0.3, -0.25) is 4.79 Å². The van der Waals surface area contributed by atoms with Gasteiger partial charge in [0.1, 0.15) is 11.4 Å². The van der Waals surface area contributed by atoms with Crippen molar-refractivity contribution >= 4 is 16.8 Å². The molecule has 3 rings (SSSR count). The van der Waals surface area contributed by atoms with Crippen LogP contribution in [-0.4, -0.2) is 36.0 Å². The van der Waals surface area contributed by atoms with Crippen molar-refractivity contribution in [2.24, 2.45) is 0 Å². The molecule has 18 heavy (non-hydrogen) atoms. The minimum absolute atomic E-state index is 0.0997. The molecule has 94 valence electrons. The molecule has 1 N–H and O–H groups in total. The summed E-state index contributed by atoms with van der Waals surface area (Å²) in [4.78, 5) is 17.3. The van der Waals surface area contributed by atoms with Crippen molar-refractivity contribution in [2.45, 2.75) is 12.8 Å². The van der Waals surface area contributed by atoms with Gasteiger partial charge in [-0.15, -0.1) is 0 Å². The van der Waals surface area contributed by atoms with Crippen LogP contribution in [-0.2, 0) is 0 Å². The lowest BCUT2D eigenvalue weighted by Crippen LogP contribution is -2.27. The molecule has 0 unspecified atom stereocenters. The third-order valence-corrected chi connectivity index (χ3v) is 3.45. The Morgan fingerprint density at radius 2 is 2.06 bits per heavy atom. The van der Waals surface area contributed by atoms with Gasteiger partial charge in [-0.2, -0.15) is 0 Å². The summed E-state index contributed by atoms with van der Waals surface area (Å²) >= 11 is 0. The molecule has 1 aliphatic rings. The first-order valence-electron chi connectivity index (χ1n) is 6.24. The quantitative estimate of drug-likeness (QED) is 0.881. The SMILES string of the molecule is COc1ccc2[nH]c(C(=O)N3CCCC3)cc2c1. The number of fused-ring (bicyclic) bond motifs is 1. The minimum Gasteiger partial charge on any atom is -0.497 e. The second-order valence-electron chi connectivity index (χ2n) is 4.64.